The highest BCUT2D eigenvalue weighted by Gasteiger charge is 2.40. The van der Waals surface area contributed by atoms with Gasteiger partial charge < -0.3 is 24.8 Å². The molecule has 0 aliphatic carbocycles. The van der Waals surface area contributed by atoms with Crippen molar-refractivity contribution < 1.29 is 24.8 Å². The van der Waals surface area contributed by atoms with Crippen LogP contribution in [-0.2, 0) is 9.47 Å². The number of aliphatic hydroxyl groups excluding tert-OH is 3. The largest absolute Gasteiger partial charge is 0.394 e. The highest BCUT2D eigenvalue weighted by molar-refractivity contribution is 4.89. The Morgan fingerprint density at radius 1 is 0.929 bits per heavy atom. The van der Waals surface area contributed by atoms with Gasteiger partial charge in [0.1, 0.15) is 24.4 Å². The Morgan fingerprint density at radius 2 is 1.50 bits per heavy atom. The molecular formula is C23H44O5. The van der Waals surface area contributed by atoms with Crippen molar-refractivity contribution in [2.45, 2.75) is 115 Å². The summed E-state index contributed by atoms with van der Waals surface area (Å²) in [5, 5.41) is 28.6. The van der Waals surface area contributed by atoms with E-state index in [9.17, 15) is 10.2 Å². The molecule has 0 aromatic heterocycles. The fourth-order valence-electron chi connectivity index (χ4n) is 3.72. The van der Waals surface area contributed by atoms with E-state index in [1.807, 2.05) is 0 Å². The Labute approximate surface area is 172 Å². The molecule has 3 N–H and O–H groups in total. The number of rotatable bonds is 18. The summed E-state index contributed by atoms with van der Waals surface area (Å²) in [5.41, 5.74) is 0. The fourth-order valence-corrected chi connectivity index (χ4v) is 3.72. The van der Waals surface area contributed by atoms with Crippen LogP contribution in [-0.4, -0.2) is 59.6 Å². The van der Waals surface area contributed by atoms with Gasteiger partial charge in [0.15, 0.2) is 0 Å². The summed E-state index contributed by atoms with van der Waals surface area (Å²) in [7, 11) is 0. The van der Waals surface area contributed by atoms with Crippen molar-refractivity contribution in [1.82, 2.24) is 0 Å². The molecule has 1 rings (SSSR count). The lowest BCUT2D eigenvalue weighted by molar-refractivity contribution is -0.0938. The van der Waals surface area contributed by atoms with Gasteiger partial charge in [0.25, 0.3) is 0 Å². The zero-order chi connectivity index (χ0) is 20.5. The number of hydrogen-bond acceptors (Lipinski definition) is 5. The minimum absolute atomic E-state index is 0.155. The molecule has 0 unspecified atom stereocenters. The highest BCUT2D eigenvalue weighted by Crippen LogP contribution is 2.21. The van der Waals surface area contributed by atoms with E-state index < -0.39 is 24.4 Å². The van der Waals surface area contributed by atoms with Gasteiger partial charge in [0.2, 0.25) is 0 Å². The second-order valence-electron chi connectivity index (χ2n) is 8.01. The fraction of sp³-hybridized carbons (Fsp3) is 0.913. The predicted molar refractivity (Wildman–Crippen MR) is 113 cm³/mol. The van der Waals surface area contributed by atoms with Gasteiger partial charge in [0, 0.05) is 6.61 Å². The van der Waals surface area contributed by atoms with Crippen LogP contribution in [0, 0.1) is 0 Å². The van der Waals surface area contributed by atoms with E-state index >= 15 is 0 Å². The van der Waals surface area contributed by atoms with Gasteiger partial charge in [-0.2, -0.15) is 0 Å². The SMILES string of the molecule is CC/C=C/CCCCCCCCCCCCCO[C@H]1[C@@H]([C@H](O)CO)OC[C@@H]1O. The van der Waals surface area contributed by atoms with Crippen molar-refractivity contribution in [3.8, 4) is 0 Å². The van der Waals surface area contributed by atoms with Gasteiger partial charge in [-0.15, -0.1) is 0 Å². The van der Waals surface area contributed by atoms with Crippen LogP contribution in [0.15, 0.2) is 12.2 Å². The van der Waals surface area contributed by atoms with E-state index in [-0.39, 0.29) is 13.2 Å². The number of allylic oxidation sites excluding steroid dienone is 2. The van der Waals surface area contributed by atoms with Crippen LogP contribution in [0.3, 0.4) is 0 Å². The van der Waals surface area contributed by atoms with Crippen LogP contribution in [0.4, 0.5) is 0 Å². The van der Waals surface area contributed by atoms with Crippen LogP contribution in [0.25, 0.3) is 0 Å². The zero-order valence-electron chi connectivity index (χ0n) is 17.9. The summed E-state index contributed by atoms with van der Waals surface area (Å²) in [6, 6.07) is 0. The Kier molecular flexibility index (Phi) is 15.9. The van der Waals surface area contributed by atoms with Crippen LogP contribution < -0.4 is 0 Å². The van der Waals surface area contributed by atoms with Crippen LogP contribution in [0.2, 0.25) is 0 Å². The number of unbranched alkanes of at least 4 members (excludes halogenated alkanes) is 11. The van der Waals surface area contributed by atoms with Crippen molar-refractivity contribution in [2.24, 2.45) is 0 Å². The average Bonchev–Trinajstić information content (AvgIpc) is 3.07. The number of ether oxygens (including phenoxy) is 2. The van der Waals surface area contributed by atoms with Gasteiger partial charge >= 0.3 is 0 Å². The summed E-state index contributed by atoms with van der Waals surface area (Å²) in [6.07, 6.45) is 18.1. The molecule has 0 amide bonds. The molecule has 0 aromatic carbocycles. The smallest absolute Gasteiger partial charge is 0.114 e. The van der Waals surface area contributed by atoms with Gasteiger partial charge in [-0.05, 0) is 25.7 Å². The van der Waals surface area contributed by atoms with E-state index in [4.69, 9.17) is 14.6 Å². The van der Waals surface area contributed by atoms with E-state index in [1.54, 1.807) is 0 Å². The molecule has 1 aliphatic rings. The Hall–Kier alpha value is -0.460. The molecule has 0 spiro atoms. The summed E-state index contributed by atoms with van der Waals surface area (Å²) in [4.78, 5) is 0. The highest BCUT2D eigenvalue weighted by atomic mass is 16.6. The van der Waals surface area contributed by atoms with Gasteiger partial charge in [0.05, 0.1) is 13.2 Å². The van der Waals surface area contributed by atoms with Crippen molar-refractivity contribution in [1.29, 1.82) is 0 Å². The molecule has 1 aliphatic heterocycles. The molecule has 5 heteroatoms. The first kappa shape index (κ1) is 25.6. The summed E-state index contributed by atoms with van der Waals surface area (Å²) >= 11 is 0. The van der Waals surface area contributed by atoms with Gasteiger partial charge in [-0.3, -0.25) is 0 Å². The molecule has 0 bridgehead atoms. The second kappa shape index (κ2) is 17.4. The molecule has 0 saturated carbocycles. The second-order valence-corrected chi connectivity index (χ2v) is 8.01. The van der Waals surface area contributed by atoms with Gasteiger partial charge in [-0.1, -0.05) is 76.9 Å². The maximum absolute atomic E-state index is 9.88. The lowest BCUT2D eigenvalue weighted by Crippen LogP contribution is -2.42. The monoisotopic (exact) mass is 400 g/mol. The molecule has 166 valence electrons. The van der Waals surface area contributed by atoms with Crippen molar-refractivity contribution in [2.75, 3.05) is 19.8 Å². The van der Waals surface area contributed by atoms with Crippen molar-refractivity contribution in [3.05, 3.63) is 12.2 Å². The Balaban J connectivity index is 1.86. The third-order valence-electron chi connectivity index (χ3n) is 5.46. The first-order valence-electron chi connectivity index (χ1n) is 11.6. The normalized spacial score (nSPS) is 23.6. The van der Waals surface area contributed by atoms with E-state index in [0.717, 1.165) is 19.3 Å². The predicted octanol–water partition coefficient (Wildman–Crippen LogP) is 4.13. The third kappa shape index (κ3) is 11.5. The van der Waals surface area contributed by atoms with Crippen LogP contribution in [0.5, 0.6) is 0 Å². The van der Waals surface area contributed by atoms with Crippen molar-refractivity contribution in [3.63, 3.8) is 0 Å². The first-order chi connectivity index (χ1) is 13.7. The third-order valence-corrected chi connectivity index (χ3v) is 5.46. The topological polar surface area (TPSA) is 79.2 Å². The van der Waals surface area contributed by atoms with E-state index in [1.165, 1.54) is 64.2 Å². The standard InChI is InChI=1S/C23H44O5/c1-2-3-4-5-6-7-8-9-10-11-12-13-14-15-16-17-27-23-21(26)19-28-22(23)20(25)18-24/h3-4,20-26H,2,5-19H2,1H3/b4-3+/t20-,21+,22-,23-/m1/s1. The molecule has 0 radical (unpaired) electrons. The van der Waals surface area contributed by atoms with E-state index in [0.29, 0.717) is 6.61 Å². The summed E-state index contributed by atoms with van der Waals surface area (Å²) in [5.74, 6) is 0. The molecule has 4 atom stereocenters. The Bertz CT molecular complexity index is 374. The van der Waals surface area contributed by atoms with Crippen LogP contribution in [0.1, 0.15) is 90.4 Å². The first-order valence-corrected chi connectivity index (χ1v) is 11.6. The lowest BCUT2D eigenvalue weighted by atomic mass is 10.0. The minimum atomic E-state index is -1.000. The Morgan fingerprint density at radius 3 is 2.07 bits per heavy atom. The lowest BCUT2D eigenvalue weighted by Gasteiger charge is -2.23. The quantitative estimate of drug-likeness (QED) is 0.238. The van der Waals surface area contributed by atoms with Gasteiger partial charge in [-0.25, -0.2) is 0 Å². The summed E-state index contributed by atoms with van der Waals surface area (Å²) < 4.78 is 11.0. The molecule has 5 nitrogen and oxygen atoms in total. The molecular weight excluding hydrogens is 356 g/mol. The van der Waals surface area contributed by atoms with E-state index in [2.05, 4.69) is 19.1 Å². The van der Waals surface area contributed by atoms with Crippen molar-refractivity contribution >= 4 is 0 Å². The number of hydrogen-bond donors (Lipinski definition) is 3. The molecule has 1 fully saturated rings. The zero-order valence-corrected chi connectivity index (χ0v) is 17.9. The number of aliphatic hydroxyl groups is 3. The molecule has 28 heavy (non-hydrogen) atoms. The maximum Gasteiger partial charge on any atom is 0.114 e. The summed E-state index contributed by atoms with van der Waals surface area (Å²) in [6.45, 7) is 2.52. The molecule has 1 saturated heterocycles. The van der Waals surface area contributed by atoms with Crippen LogP contribution >= 0.6 is 0 Å². The average molecular weight is 401 g/mol. The molecule has 0 aromatic rings. The maximum atomic E-state index is 9.88. The molecule has 1 heterocycles. The minimum Gasteiger partial charge on any atom is -0.394 e.